The first-order valence-corrected chi connectivity index (χ1v) is 8.20. The molecule has 1 aliphatic rings. The van der Waals surface area contributed by atoms with Gasteiger partial charge in [-0.2, -0.15) is 0 Å². The lowest BCUT2D eigenvalue weighted by atomic mass is 9.79. The summed E-state index contributed by atoms with van der Waals surface area (Å²) >= 11 is 0. The van der Waals surface area contributed by atoms with E-state index >= 15 is 0 Å². The van der Waals surface area contributed by atoms with E-state index in [2.05, 4.69) is 0 Å². The summed E-state index contributed by atoms with van der Waals surface area (Å²) in [6.45, 7) is 12.1. The maximum Gasteiger partial charge on any atom is 0.310 e. The lowest BCUT2D eigenvalue weighted by Gasteiger charge is -2.33. The molecule has 4 heteroatoms. The lowest BCUT2D eigenvalue weighted by molar-refractivity contribution is -0.168. The van der Waals surface area contributed by atoms with Crippen molar-refractivity contribution in [2.24, 2.45) is 17.3 Å². The third kappa shape index (κ3) is 6.06. The van der Waals surface area contributed by atoms with Gasteiger partial charge >= 0.3 is 11.9 Å². The molecule has 0 aromatic heterocycles. The molecule has 1 fully saturated rings. The zero-order valence-electron chi connectivity index (χ0n) is 14.4. The van der Waals surface area contributed by atoms with Crippen molar-refractivity contribution in [3.05, 3.63) is 0 Å². The van der Waals surface area contributed by atoms with E-state index in [4.69, 9.17) is 4.74 Å². The monoisotopic (exact) mass is 300 g/mol. The SMILES string of the molecule is CC.CCC(OC(=O)C1CCCCC1C(=O)O)C(C)(C)C. The summed E-state index contributed by atoms with van der Waals surface area (Å²) in [5.41, 5.74) is -0.113. The van der Waals surface area contributed by atoms with Crippen LogP contribution < -0.4 is 0 Å². The smallest absolute Gasteiger partial charge is 0.310 e. The summed E-state index contributed by atoms with van der Waals surface area (Å²) in [6.07, 6.45) is 3.61. The van der Waals surface area contributed by atoms with Crippen molar-refractivity contribution in [3.8, 4) is 0 Å². The van der Waals surface area contributed by atoms with Crippen molar-refractivity contribution < 1.29 is 19.4 Å². The molecule has 0 amide bonds. The predicted molar refractivity (Wildman–Crippen MR) is 84.1 cm³/mol. The van der Waals surface area contributed by atoms with E-state index < -0.39 is 17.8 Å². The zero-order valence-corrected chi connectivity index (χ0v) is 14.4. The number of hydrogen-bond donors (Lipinski definition) is 1. The van der Waals surface area contributed by atoms with Crippen LogP contribution in [0.3, 0.4) is 0 Å². The van der Waals surface area contributed by atoms with Gasteiger partial charge in [0.15, 0.2) is 0 Å². The van der Waals surface area contributed by atoms with Crippen LogP contribution in [0.5, 0.6) is 0 Å². The second-order valence-corrected chi connectivity index (χ2v) is 6.54. The van der Waals surface area contributed by atoms with Crippen LogP contribution in [0.2, 0.25) is 0 Å². The minimum atomic E-state index is -0.870. The Labute approximate surface area is 129 Å². The Morgan fingerprint density at radius 1 is 1.14 bits per heavy atom. The van der Waals surface area contributed by atoms with Crippen LogP contribution in [0.15, 0.2) is 0 Å². The quantitative estimate of drug-likeness (QED) is 0.787. The second kappa shape index (κ2) is 9.06. The summed E-state index contributed by atoms with van der Waals surface area (Å²) in [4.78, 5) is 23.5. The molecule has 0 aromatic carbocycles. The Bertz CT molecular complexity index is 330. The van der Waals surface area contributed by atoms with Gasteiger partial charge in [-0.25, -0.2) is 0 Å². The minimum Gasteiger partial charge on any atom is -0.481 e. The van der Waals surface area contributed by atoms with Gasteiger partial charge < -0.3 is 9.84 Å². The van der Waals surface area contributed by atoms with Gasteiger partial charge in [-0.15, -0.1) is 0 Å². The average molecular weight is 300 g/mol. The fourth-order valence-electron chi connectivity index (χ4n) is 2.81. The topological polar surface area (TPSA) is 63.6 Å². The van der Waals surface area contributed by atoms with E-state index in [9.17, 15) is 14.7 Å². The molecule has 0 aliphatic heterocycles. The Morgan fingerprint density at radius 2 is 1.62 bits per heavy atom. The average Bonchev–Trinajstić information content (AvgIpc) is 2.45. The van der Waals surface area contributed by atoms with E-state index in [-0.39, 0.29) is 17.5 Å². The van der Waals surface area contributed by atoms with Crippen LogP contribution >= 0.6 is 0 Å². The van der Waals surface area contributed by atoms with E-state index in [1.807, 2.05) is 41.5 Å². The number of esters is 1. The fourth-order valence-corrected chi connectivity index (χ4v) is 2.81. The molecule has 1 rings (SSSR count). The van der Waals surface area contributed by atoms with Gasteiger partial charge in [0.05, 0.1) is 11.8 Å². The summed E-state index contributed by atoms with van der Waals surface area (Å²) in [7, 11) is 0. The molecular formula is C17H32O4. The van der Waals surface area contributed by atoms with Crippen LogP contribution in [0.4, 0.5) is 0 Å². The Balaban J connectivity index is 0.00000191. The highest BCUT2D eigenvalue weighted by Crippen LogP contribution is 2.33. The molecule has 0 radical (unpaired) electrons. The van der Waals surface area contributed by atoms with Gasteiger partial charge in [0, 0.05) is 0 Å². The minimum absolute atomic E-state index is 0.113. The highest BCUT2D eigenvalue weighted by molar-refractivity contribution is 5.81. The van der Waals surface area contributed by atoms with Crippen LogP contribution in [-0.2, 0) is 14.3 Å². The molecule has 1 saturated carbocycles. The van der Waals surface area contributed by atoms with Gasteiger partial charge in [-0.3, -0.25) is 9.59 Å². The van der Waals surface area contributed by atoms with Crippen molar-refractivity contribution in [1.29, 1.82) is 0 Å². The third-order valence-corrected chi connectivity index (χ3v) is 3.98. The van der Waals surface area contributed by atoms with Gasteiger partial charge in [0.1, 0.15) is 6.10 Å². The van der Waals surface area contributed by atoms with Crippen molar-refractivity contribution >= 4 is 11.9 Å². The molecule has 0 spiro atoms. The molecule has 0 saturated heterocycles. The summed E-state index contributed by atoms with van der Waals surface area (Å²) in [6, 6.07) is 0. The number of carbonyl (C=O) groups is 2. The number of ether oxygens (including phenoxy) is 1. The largest absolute Gasteiger partial charge is 0.481 e. The standard InChI is InChI=1S/C15H26O4.C2H6/c1-5-12(15(2,3)4)19-14(18)11-9-7-6-8-10(11)13(16)17;1-2/h10-12H,5-9H2,1-4H3,(H,16,17);1-2H3. The number of carboxylic acids is 1. The van der Waals surface area contributed by atoms with Gasteiger partial charge in [-0.05, 0) is 24.7 Å². The Hall–Kier alpha value is -1.06. The summed E-state index contributed by atoms with van der Waals surface area (Å²) in [5, 5.41) is 9.20. The van der Waals surface area contributed by atoms with E-state index in [1.54, 1.807) is 0 Å². The number of aliphatic carboxylic acids is 1. The lowest BCUT2D eigenvalue weighted by Crippen LogP contribution is -2.38. The Morgan fingerprint density at radius 3 is 2.00 bits per heavy atom. The molecule has 1 N–H and O–H groups in total. The second-order valence-electron chi connectivity index (χ2n) is 6.54. The molecule has 4 nitrogen and oxygen atoms in total. The van der Waals surface area contributed by atoms with Crippen LogP contribution in [0.25, 0.3) is 0 Å². The number of carboxylic acid groups (broad SMARTS) is 1. The van der Waals surface area contributed by atoms with Crippen LogP contribution in [-0.4, -0.2) is 23.1 Å². The summed E-state index contributed by atoms with van der Waals surface area (Å²) in [5.74, 6) is -2.24. The van der Waals surface area contributed by atoms with E-state index in [0.717, 1.165) is 19.3 Å². The highest BCUT2D eigenvalue weighted by Gasteiger charge is 2.38. The van der Waals surface area contributed by atoms with Crippen LogP contribution in [0, 0.1) is 17.3 Å². The van der Waals surface area contributed by atoms with Crippen molar-refractivity contribution in [2.45, 2.75) is 79.8 Å². The molecule has 3 unspecified atom stereocenters. The molecular weight excluding hydrogens is 268 g/mol. The van der Waals surface area contributed by atoms with Gasteiger partial charge in [-0.1, -0.05) is 54.4 Å². The van der Waals surface area contributed by atoms with Crippen molar-refractivity contribution in [3.63, 3.8) is 0 Å². The molecule has 0 aromatic rings. The number of hydrogen-bond acceptors (Lipinski definition) is 3. The van der Waals surface area contributed by atoms with Crippen molar-refractivity contribution in [2.75, 3.05) is 0 Å². The summed E-state index contributed by atoms with van der Waals surface area (Å²) < 4.78 is 5.58. The first kappa shape index (κ1) is 19.9. The fraction of sp³-hybridized carbons (Fsp3) is 0.882. The zero-order chi connectivity index (χ0) is 16.6. The molecule has 0 bridgehead atoms. The molecule has 0 heterocycles. The van der Waals surface area contributed by atoms with Crippen LogP contribution in [0.1, 0.15) is 73.6 Å². The molecule has 124 valence electrons. The van der Waals surface area contributed by atoms with E-state index in [0.29, 0.717) is 12.8 Å². The highest BCUT2D eigenvalue weighted by atomic mass is 16.5. The molecule has 21 heavy (non-hydrogen) atoms. The maximum absolute atomic E-state index is 12.2. The Kier molecular flexibility index (Phi) is 8.60. The van der Waals surface area contributed by atoms with Crippen molar-refractivity contribution in [1.82, 2.24) is 0 Å². The van der Waals surface area contributed by atoms with Gasteiger partial charge in [0.2, 0.25) is 0 Å². The number of rotatable bonds is 4. The normalized spacial score (nSPS) is 23.5. The predicted octanol–water partition coefficient (Wildman–Crippen LogP) is 4.27. The maximum atomic E-state index is 12.2. The molecule has 3 atom stereocenters. The third-order valence-electron chi connectivity index (χ3n) is 3.98. The van der Waals surface area contributed by atoms with E-state index in [1.165, 1.54) is 0 Å². The first-order chi connectivity index (χ1) is 9.77. The molecule has 1 aliphatic carbocycles. The van der Waals surface area contributed by atoms with Gasteiger partial charge in [0.25, 0.3) is 0 Å². The number of carbonyl (C=O) groups excluding carboxylic acids is 1. The first-order valence-electron chi connectivity index (χ1n) is 8.20.